The van der Waals surface area contributed by atoms with Crippen LogP contribution in [-0.4, -0.2) is 31.0 Å². The SMILES string of the molecule is CN(CC(=O)Nc1cccc(Cl)c1)Cc1ccc(OC(F)F)cc1. The van der Waals surface area contributed by atoms with Gasteiger partial charge in [-0.1, -0.05) is 29.8 Å². The molecule has 0 saturated carbocycles. The fourth-order valence-electron chi connectivity index (χ4n) is 2.16. The van der Waals surface area contributed by atoms with Gasteiger partial charge < -0.3 is 10.1 Å². The largest absolute Gasteiger partial charge is 0.435 e. The number of benzene rings is 2. The topological polar surface area (TPSA) is 41.6 Å². The Kier molecular flexibility index (Phi) is 6.52. The zero-order valence-electron chi connectivity index (χ0n) is 13.0. The summed E-state index contributed by atoms with van der Waals surface area (Å²) in [5.41, 5.74) is 1.52. The average Bonchev–Trinajstić information content (AvgIpc) is 2.48. The Morgan fingerprint density at radius 1 is 1.25 bits per heavy atom. The van der Waals surface area contributed by atoms with Crippen LogP contribution in [-0.2, 0) is 11.3 Å². The molecule has 0 bridgehead atoms. The molecular formula is C17H17ClF2N2O2. The smallest absolute Gasteiger partial charge is 0.387 e. The van der Waals surface area contributed by atoms with Crippen molar-refractivity contribution in [2.24, 2.45) is 0 Å². The molecule has 0 saturated heterocycles. The van der Waals surface area contributed by atoms with E-state index in [1.54, 1.807) is 43.4 Å². The number of alkyl halides is 2. The van der Waals surface area contributed by atoms with E-state index >= 15 is 0 Å². The third-order valence-electron chi connectivity index (χ3n) is 3.12. The molecule has 2 rings (SSSR count). The first-order chi connectivity index (χ1) is 11.4. The van der Waals surface area contributed by atoms with Gasteiger partial charge in [0.25, 0.3) is 0 Å². The molecule has 24 heavy (non-hydrogen) atoms. The summed E-state index contributed by atoms with van der Waals surface area (Å²) < 4.78 is 28.5. The number of carbonyl (C=O) groups excluding carboxylic acids is 1. The van der Waals surface area contributed by atoms with Crippen molar-refractivity contribution in [1.82, 2.24) is 4.90 Å². The van der Waals surface area contributed by atoms with E-state index in [1.807, 2.05) is 4.90 Å². The predicted octanol–water partition coefficient (Wildman–Crippen LogP) is 4.01. The van der Waals surface area contributed by atoms with Gasteiger partial charge in [0.05, 0.1) is 6.54 Å². The number of anilines is 1. The zero-order valence-corrected chi connectivity index (χ0v) is 13.8. The van der Waals surface area contributed by atoms with Gasteiger partial charge in [-0.2, -0.15) is 8.78 Å². The Bertz CT molecular complexity index is 681. The summed E-state index contributed by atoms with van der Waals surface area (Å²) in [6.07, 6.45) is 0. The number of rotatable bonds is 7. The van der Waals surface area contributed by atoms with E-state index in [-0.39, 0.29) is 18.2 Å². The van der Waals surface area contributed by atoms with Gasteiger partial charge in [-0.05, 0) is 42.9 Å². The monoisotopic (exact) mass is 354 g/mol. The van der Waals surface area contributed by atoms with Crippen molar-refractivity contribution in [3.05, 3.63) is 59.1 Å². The Morgan fingerprint density at radius 3 is 2.58 bits per heavy atom. The van der Waals surface area contributed by atoms with E-state index in [0.717, 1.165) is 5.56 Å². The van der Waals surface area contributed by atoms with Gasteiger partial charge in [0.15, 0.2) is 0 Å². The second kappa shape index (κ2) is 8.61. The molecule has 2 aromatic carbocycles. The molecule has 0 heterocycles. The van der Waals surface area contributed by atoms with Crippen molar-refractivity contribution in [3.63, 3.8) is 0 Å². The molecule has 4 nitrogen and oxygen atoms in total. The Hall–Kier alpha value is -2.18. The number of likely N-dealkylation sites (N-methyl/N-ethyl adjacent to an activating group) is 1. The van der Waals surface area contributed by atoms with Crippen LogP contribution in [0.3, 0.4) is 0 Å². The fourth-order valence-corrected chi connectivity index (χ4v) is 2.35. The van der Waals surface area contributed by atoms with E-state index in [9.17, 15) is 13.6 Å². The molecule has 1 N–H and O–H groups in total. The zero-order chi connectivity index (χ0) is 17.5. The summed E-state index contributed by atoms with van der Waals surface area (Å²) in [6, 6.07) is 13.2. The normalized spacial score (nSPS) is 10.9. The highest BCUT2D eigenvalue weighted by atomic mass is 35.5. The Balaban J connectivity index is 1.83. The van der Waals surface area contributed by atoms with E-state index in [2.05, 4.69) is 10.1 Å². The fraction of sp³-hybridized carbons (Fsp3) is 0.235. The first-order valence-corrected chi connectivity index (χ1v) is 7.58. The summed E-state index contributed by atoms with van der Waals surface area (Å²) in [7, 11) is 1.79. The number of halogens is 3. The molecule has 0 atom stereocenters. The second-order valence-corrected chi connectivity index (χ2v) is 5.69. The van der Waals surface area contributed by atoms with Crippen molar-refractivity contribution in [1.29, 1.82) is 0 Å². The lowest BCUT2D eigenvalue weighted by Gasteiger charge is -2.16. The molecule has 2 aromatic rings. The maximum absolute atomic E-state index is 12.1. The number of nitrogens with one attached hydrogen (secondary N) is 1. The van der Waals surface area contributed by atoms with Crippen LogP contribution in [0.2, 0.25) is 5.02 Å². The quantitative estimate of drug-likeness (QED) is 0.816. The molecule has 0 aromatic heterocycles. The summed E-state index contributed by atoms with van der Waals surface area (Å²) in [5, 5.41) is 3.31. The van der Waals surface area contributed by atoms with Crippen LogP contribution in [0, 0.1) is 0 Å². The van der Waals surface area contributed by atoms with Gasteiger partial charge in [0.2, 0.25) is 5.91 Å². The van der Waals surface area contributed by atoms with Crippen LogP contribution < -0.4 is 10.1 Å². The van der Waals surface area contributed by atoms with Gasteiger partial charge in [-0.15, -0.1) is 0 Å². The number of amides is 1. The molecule has 0 aliphatic rings. The second-order valence-electron chi connectivity index (χ2n) is 5.25. The maximum Gasteiger partial charge on any atom is 0.387 e. The highest BCUT2D eigenvalue weighted by Crippen LogP contribution is 2.16. The summed E-state index contributed by atoms with van der Waals surface area (Å²) in [4.78, 5) is 13.8. The molecule has 128 valence electrons. The summed E-state index contributed by atoms with van der Waals surface area (Å²) >= 11 is 5.87. The number of hydrogen-bond acceptors (Lipinski definition) is 3. The highest BCUT2D eigenvalue weighted by molar-refractivity contribution is 6.30. The molecule has 7 heteroatoms. The number of ether oxygens (including phenoxy) is 1. The van der Waals surface area contributed by atoms with Gasteiger partial charge in [-0.3, -0.25) is 9.69 Å². The van der Waals surface area contributed by atoms with Crippen molar-refractivity contribution in [3.8, 4) is 5.75 Å². The maximum atomic E-state index is 12.1. The predicted molar refractivity (Wildman–Crippen MR) is 89.5 cm³/mol. The van der Waals surface area contributed by atoms with Crippen LogP contribution in [0.4, 0.5) is 14.5 Å². The Labute approximate surface area is 144 Å². The lowest BCUT2D eigenvalue weighted by Crippen LogP contribution is -2.29. The van der Waals surface area contributed by atoms with Crippen LogP contribution in [0.1, 0.15) is 5.56 Å². The van der Waals surface area contributed by atoms with Crippen molar-refractivity contribution >= 4 is 23.2 Å². The first kappa shape index (κ1) is 18.2. The van der Waals surface area contributed by atoms with Crippen molar-refractivity contribution in [2.45, 2.75) is 13.2 Å². The van der Waals surface area contributed by atoms with E-state index in [0.29, 0.717) is 17.3 Å². The molecule has 0 spiro atoms. The third kappa shape index (κ3) is 6.14. The molecule has 0 fully saturated rings. The molecule has 0 aliphatic carbocycles. The van der Waals surface area contributed by atoms with Crippen molar-refractivity contribution in [2.75, 3.05) is 18.9 Å². The van der Waals surface area contributed by atoms with E-state index in [4.69, 9.17) is 11.6 Å². The van der Waals surface area contributed by atoms with Crippen LogP contribution in [0.5, 0.6) is 5.75 Å². The lowest BCUT2D eigenvalue weighted by atomic mass is 10.2. The standard InChI is InChI=1S/C17H17ClF2N2O2/c1-22(10-12-5-7-15(8-6-12)24-17(19)20)11-16(23)21-14-4-2-3-13(18)9-14/h2-9,17H,10-11H2,1H3,(H,21,23). The van der Waals surface area contributed by atoms with Gasteiger partial charge >= 0.3 is 6.61 Å². The molecular weight excluding hydrogens is 338 g/mol. The summed E-state index contributed by atoms with van der Waals surface area (Å²) in [5.74, 6) is -0.0625. The molecule has 0 unspecified atom stereocenters. The third-order valence-corrected chi connectivity index (χ3v) is 3.36. The minimum absolute atomic E-state index is 0.107. The van der Waals surface area contributed by atoms with Crippen LogP contribution in [0.15, 0.2) is 48.5 Å². The van der Waals surface area contributed by atoms with Crippen molar-refractivity contribution < 1.29 is 18.3 Å². The minimum atomic E-state index is -2.84. The Morgan fingerprint density at radius 2 is 1.96 bits per heavy atom. The van der Waals surface area contributed by atoms with E-state index < -0.39 is 6.61 Å². The number of hydrogen-bond donors (Lipinski definition) is 1. The lowest BCUT2D eigenvalue weighted by molar-refractivity contribution is -0.117. The molecule has 1 amide bonds. The number of carbonyl (C=O) groups is 1. The van der Waals surface area contributed by atoms with E-state index in [1.165, 1.54) is 12.1 Å². The molecule has 0 radical (unpaired) electrons. The number of nitrogens with zero attached hydrogens (tertiary/aromatic N) is 1. The van der Waals surface area contributed by atoms with Gasteiger partial charge in [0.1, 0.15) is 5.75 Å². The highest BCUT2D eigenvalue weighted by Gasteiger charge is 2.09. The van der Waals surface area contributed by atoms with Crippen LogP contribution >= 0.6 is 11.6 Å². The van der Waals surface area contributed by atoms with Gasteiger partial charge in [0, 0.05) is 17.3 Å². The minimum Gasteiger partial charge on any atom is -0.435 e. The average molecular weight is 355 g/mol. The van der Waals surface area contributed by atoms with Gasteiger partial charge in [-0.25, -0.2) is 0 Å². The first-order valence-electron chi connectivity index (χ1n) is 7.20. The van der Waals surface area contributed by atoms with Crippen LogP contribution in [0.25, 0.3) is 0 Å². The summed E-state index contributed by atoms with van der Waals surface area (Å²) in [6.45, 7) is -2.16. The molecule has 0 aliphatic heterocycles.